The zero-order valence-electron chi connectivity index (χ0n) is 16.6. The Morgan fingerprint density at radius 3 is 2.97 bits per heavy atom. The number of likely N-dealkylation sites (tertiary alicyclic amines) is 1. The smallest absolute Gasteiger partial charge is 0.316 e. The molecule has 4 N–H and O–H groups in total. The van der Waals surface area contributed by atoms with E-state index in [0.29, 0.717) is 12.2 Å². The van der Waals surface area contributed by atoms with Gasteiger partial charge in [-0.2, -0.15) is 4.40 Å². The molecule has 152 valence electrons. The van der Waals surface area contributed by atoms with Crippen LogP contribution in [0.1, 0.15) is 28.4 Å². The van der Waals surface area contributed by atoms with Gasteiger partial charge in [0.05, 0.1) is 25.0 Å². The molecule has 2 unspecified atom stereocenters. The Labute approximate surface area is 174 Å². The van der Waals surface area contributed by atoms with E-state index in [1.165, 1.54) is 4.90 Å². The maximum Gasteiger partial charge on any atom is 0.316 e. The van der Waals surface area contributed by atoms with Gasteiger partial charge in [-0.15, -0.1) is 0 Å². The largest absolute Gasteiger partial charge is 0.387 e. The molecule has 0 radical (unpaired) electrons. The van der Waals surface area contributed by atoms with Crippen LogP contribution in [0.4, 0.5) is 0 Å². The SMILES string of the molecule is O=C(NCc1nccc2ccccc12)c1[nH]c(C[NH+]2CCC(O)C2)[n+]2ccccc12. The first-order valence-corrected chi connectivity index (χ1v) is 10.3. The molecule has 7 nitrogen and oxygen atoms in total. The fourth-order valence-electron chi connectivity index (χ4n) is 4.33. The number of carbonyl (C=O) groups is 1. The lowest BCUT2D eigenvalue weighted by molar-refractivity contribution is -0.908. The standard InChI is InChI=1S/C23H23N5O2/c29-17-9-12-27(14-17)15-21-26-22(20-7-3-4-11-28(20)21)23(30)25-13-19-18-6-2-1-5-16(18)8-10-24-19/h1-8,10-11,17,29H,9,12-15H2,(H,25,30)/p+2. The number of imidazole rings is 1. The van der Waals surface area contributed by atoms with Crippen LogP contribution < -0.4 is 14.6 Å². The molecular weight excluding hydrogens is 378 g/mol. The van der Waals surface area contributed by atoms with Gasteiger partial charge in [-0.3, -0.25) is 9.78 Å². The molecule has 7 heteroatoms. The Kier molecular flexibility index (Phi) is 4.90. The number of aliphatic hydroxyl groups is 1. The second kappa shape index (κ2) is 7.85. The average Bonchev–Trinajstić information content (AvgIpc) is 3.36. The number of aromatic amines is 1. The van der Waals surface area contributed by atoms with Crippen molar-refractivity contribution < 1.29 is 19.2 Å². The second-order valence-electron chi connectivity index (χ2n) is 7.89. The van der Waals surface area contributed by atoms with E-state index in [4.69, 9.17) is 0 Å². The summed E-state index contributed by atoms with van der Waals surface area (Å²) in [7, 11) is 0. The normalized spacial score (nSPS) is 18.8. The third-order valence-corrected chi connectivity index (χ3v) is 5.85. The van der Waals surface area contributed by atoms with Gasteiger partial charge in [0.1, 0.15) is 12.6 Å². The molecule has 1 aromatic carbocycles. The number of hydrogen-bond donors (Lipinski definition) is 4. The van der Waals surface area contributed by atoms with Crippen molar-refractivity contribution in [3.63, 3.8) is 0 Å². The van der Waals surface area contributed by atoms with Gasteiger partial charge in [-0.05, 0) is 23.6 Å². The third-order valence-electron chi connectivity index (χ3n) is 5.85. The highest BCUT2D eigenvalue weighted by molar-refractivity contribution is 5.98. The Bertz CT molecular complexity index is 1210. The number of H-pyrrole nitrogens is 1. The van der Waals surface area contributed by atoms with Crippen LogP contribution in [0.3, 0.4) is 0 Å². The Hall–Kier alpha value is -3.29. The van der Waals surface area contributed by atoms with Crippen molar-refractivity contribution in [2.45, 2.75) is 25.6 Å². The summed E-state index contributed by atoms with van der Waals surface area (Å²) >= 11 is 0. The van der Waals surface area contributed by atoms with E-state index in [0.717, 1.165) is 53.9 Å². The van der Waals surface area contributed by atoms with Crippen LogP contribution in [0.5, 0.6) is 0 Å². The number of aliphatic hydroxyl groups excluding tert-OH is 1. The first kappa shape index (κ1) is 18.7. The van der Waals surface area contributed by atoms with Crippen LogP contribution in [0.25, 0.3) is 16.3 Å². The fourth-order valence-corrected chi connectivity index (χ4v) is 4.33. The number of aromatic nitrogens is 3. The van der Waals surface area contributed by atoms with Gasteiger partial charge in [0, 0.05) is 18.0 Å². The highest BCUT2D eigenvalue weighted by Crippen LogP contribution is 2.16. The van der Waals surface area contributed by atoms with Gasteiger partial charge in [-0.25, -0.2) is 4.98 Å². The van der Waals surface area contributed by atoms with Crippen molar-refractivity contribution in [3.05, 3.63) is 78.1 Å². The van der Waals surface area contributed by atoms with Gasteiger partial charge in [0.15, 0.2) is 12.1 Å². The predicted octanol–water partition coefficient (Wildman–Crippen LogP) is 0.381. The topological polar surface area (TPSA) is 86.5 Å². The molecule has 5 rings (SSSR count). The second-order valence-corrected chi connectivity index (χ2v) is 7.89. The van der Waals surface area contributed by atoms with E-state index in [1.807, 2.05) is 59.1 Å². The average molecular weight is 403 g/mol. The van der Waals surface area contributed by atoms with Crippen LogP contribution in [0, 0.1) is 0 Å². The molecule has 1 saturated heterocycles. The maximum atomic E-state index is 13.0. The lowest BCUT2D eigenvalue weighted by Gasteiger charge is -2.08. The van der Waals surface area contributed by atoms with E-state index in [2.05, 4.69) is 15.3 Å². The molecule has 30 heavy (non-hydrogen) atoms. The molecule has 4 heterocycles. The molecule has 2 atom stereocenters. The first-order valence-electron chi connectivity index (χ1n) is 10.3. The first-order chi connectivity index (χ1) is 14.7. The number of quaternary nitrogens is 1. The van der Waals surface area contributed by atoms with Crippen molar-refractivity contribution in [2.75, 3.05) is 13.1 Å². The molecule has 1 aliphatic rings. The Morgan fingerprint density at radius 1 is 1.23 bits per heavy atom. The number of benzene rings is 1. The van der Waals surface area contributed by atoms with Crippen LogP contribution in [0.2, 0.25) is 0 Å². The number of carbonyl (C=O) groups excluding carboxylic acids is 1. The molecule has 1 aliphatic heterocycles. The highest BCUT2D eigenvalue weighted by Gasteiger charge is 2.30. The zero-order valence-corrected chi connectivity index (χ0v) is 16.6. The quantitative estimate of drug-likeness (QED) is 0.364. The number of nitrogens with zero attached hydrogens (tertiary/aromatic N) is 2. The fraction of sp³-hybridized carbons (Fsp3) is 0.261. The lowest BCUT2D eigenvalue weighted by Crippen LogP contribution is -3.09. The van der Waals surface area contributed by atoms with Crippen molar-refractivity contribution >= 4 is 22.2 Å². The Morgan fingerprint density at radius 2 is 2.10 bits per heavy atom. The maximum absolute atomic E-state index is 13.0. The minimum Gasteiger partial charge on any atom is -0.387 e. The number of pyridine rings is 2. The molecule has 1 fully saturated rings. The number of fused-ring (bicyclic) bond motifs is 2. The van der Waals surface area contributed by atoms with Crippen molar-refractivity contribution in [1.82, 2.24) is 15.3 Å². The summed E-state index contributed by atoms with van der Waals surface area (Å²) in [5, 5.41) is 15.0. The van der Waals surface area contributed by atoms with Gasteiger partial charge >= 0.3 is 5.82 Å². The summed E-state index contributed by atoms with van der Waals surface area (Å²) < 4.78 is 2.03. The summed E-state index contributed by atoms with van der Waals surface area (Å²) in [6, 6.07) is 15.8. The number of rotatable bonds is 5. The van der Waals surface area contributed by atoms with Crippen molar-refractivity contribution in [1.29, 1.82) is 0 Å². The minimum absolute atomic E-state index is 0.156. The molecule has 4 aromatic rings. The number of nitrogens with one attached hydrogen (secondary N) is 3. The molecule has 0 saturated carbocycles. The van der Waals surface area contributed by atoms with Gasteiger partial charge in [-0.1, -0.05) is 30.3 Å². The van der Waals surface area contributed by atoms with Gasteiger partial charge in [0.25, 0.3) is 5.91 Å². The predicted molar refractivity (Wildman–Crippen MR) is 112 cm³/mol. The molecule has 0 spiro atoms. The molecule has 0 aliphatic carbocycles. The van der Waals surface area contributed by atoms with Crippen LogP contribution in [-0.4, -0.2) is 40.2 Å². The third kappa shape index (κ3) is 3.53. The van der Waals surface area contributed by atoms with E-state index >= 15 is 0 Å². The van der Waals surface area contributed by atoms with Gasteiger partial charge in [0.2, 0.25) is 5.69 Å². The van der Waals surface area contributed by atoms with E-state index in [1.54, 1.807) is 6.20 Å². The molecule has 3 aromatic heterocycles. The molecular formula is C23H25N5O2+2. The van der Waals surface area contributed by atoms with Crippen molar-refractivity contribution in [3.8, 4) is 0 Å². The summed E-state index contributed by atoms with van der Waals surface area (Å²) in [5.74, 6) is 0.805. The summed E-state index contributed by atoms with van der Waals surface area (Å²) in [6.45, 7) is 2.77. The summed E-state index contributed by atoms with van der Waals surface area (Å²) in [5.41, 5.74) is 2.24. The number of amides is 1. The summed E-state index contributed by atoms with van der Waals surface area (Å²) in [6.07, 6.45) is 4.33. The summed E-state index contributed by atoms with van der Waals surface area (Å²) in [4.78, 5) is 22.1. The molecule has 0 bridgehead atoms. The van der Waals surface area contributed by atoms with E-state index in [9.17, 15) is 9.90 Å². The minimum atomic E-state index is -0.234. The highest BCUT2D eigenvalue weighted by atomic mass is 16.3. The van der Waals surface area contributed by atoms with Crippen LogP contribution in [-0.2, 0) is 13.1 Å². The molecule has 1 amide bonds. The number of hydrogen-bond acceptors (Lipinski definition) is 3. The van der Waals surface area contributed by atoms with Crippen LogP contribution >= 0.6 is 0 Å². The van der Waals surface area contributed by atoms with Gasteiger partial charge < -0.3 is 15.3 Å². The van der Waals surface area contributed by atoms with Crippen molar-refractivity contribution in [2.24, 2.45) is 0 Å². The lowest BCUT2D eigenvalue weighted by atomic mass is 10.1. The van der Waals surface area contributed by atoms with Crippen LogP contribution in [0.15, 0.2) is 60.9 Å². The van der Waals surface area contributed by atoms with E-state index in [-0.39, 0.29) is 12.0 Å². The Balaban J connectivity index is 1.39. The zero-order chi connectivity index (χ0) is 20.5. The monoisotopic (exact) mass is 403 g/mol. The van der Waals surface area contributed by atoms with E-state index < -0.39 is 0 Å².